The molecule has 2 fully saturated rings. The summed E-state index contributed by atoms with van der Waals surface area (Å²) in [4.78, 5) is 101. The number of rotatable bonds is 12. The minimum Gasteiger partial charge on any atom is -0.463 e. The van der Waals surface area contributed by atoms with Crippen molar-refractivity contribution in [1.29, 1.82) is 5.26 Å². The Kier molecular flexibility index (Phi) is 16.2. The number of aliphatic imine (C=N–C) groups is 1. The van der Waals surface area contributed by atoms with E-state index in [9.17, 15) is 43.6 Å². The van der Waals surface area contributed by atoms with Crippen molar-refractivity contribution in [3.63, 3.8) is 0 Å². The highest BCUT2D eigenvalue weighted by atomic mass is 16.7. The fourth-order valence-electron chi connectivity index (χ4n) is 5.07. The molecule has 0 aromatic heterocycles. The smallest absolute Gasteiger partial charge is 0.303 e. The fourth-order valence-corrected chi connectivity index (χ4v) is 5.07. The molecule has 0 bridgehead atoms. The highest BCUT2D eigenvalue weighted by Crippen LogP contribution is 2.31. The summed E-state index contributed by atoms with van der Waals surface area (Å²) in [5.74, 6) is -7.54. The maximum atomic E-state index is 12.3. The predicted octanol–water partition coefficient (Wildman–Crippen LogP) is -1.83. The van der Waals surface area contributed by atoms with Gasteiger partial charge in [-0.25, -0.2) is 4.99 Å². The van der Waals surface area contributed by atoms with Gasteiger partial charge in [0.2, 0.25) is 5.96 Å². The van der Waals surface area contributed by atoms with Crippen molar-refractivity contribution in [3.05, 3.63) is 0 Å². The molecule has 10 atom stereocenters. The molecule has 2 aliphatic rings. The van der Waals surface area contributed by atoms with Gasteiger partial charge in [-0.2, -0.15) is 5.26 Å². The lowest BCUT2D eigenvalue weighted by Gasteiger charge is -2.45. The van der Waals surface area contributed by atoms with E-state index in [0.717, 1.165) is 55.4 Å². The van der Waals surface area contributed by atoms with Crippen LogP contribution in [0.2, 0.25) is 0 Å². The van der Waals surface area contributed by atoms with Gasteiger partial charge in [-0.15, -0.1) is 0 Å². The van der Waals surface area contributed by atoms with Gasteiger partial charge in [0.05, 0.1) is 0 Å². The molecule has 0 aromatic rings. The van der Waals surface area contributed by atoms with E-state index in [1.165, 1.54) is 0 Å². The summed E-state index contributed by atoms with van der Waals surface area (Å²) < 4.78 is 54.3. The number of nitrogens with one attached hydrogen (secondary N) is 2. The Balaban J connectivity index is 2.74. The summed E-state index contributed by atoms with van der Waals surface area (Å²) in [5, 5.41) is 14.5. The normalized spacial score (nSPS) is 28.3. The number of carbonyl (C=O) groups excluding carboxylic acids is 8. The van der Waals surface area contributed by atoms with E-state index in [-0.39, 0.29) is 0 Å². The molecule has 0 spiro atoms. The number of esters is 8. The summed E-state index contributed by atoms with van der Waals surface area (Å²) in [6.07, 6.45) is -14.2. The first kappa shape index (κ1) is 42.6. The molecule has 0 aromatic carbocycles. The molecule has 2 saturated heterocycles. The van der Waals surface area contributed by atoms with E-state index in [4.69, 9.17) is 47.4 Å². The van der Waals surface area contributed by atoms with Gasteiger partial charge in [-0.3, -0.25) is 43.7 Å². The van der Waals surface area contributed by atoms with Crippen LogP contribution in [0.4, 0.5) is 0 Å². The van der Waals surface area contributed by atoms with Crippen LogP contribution in [0.3, 0.4) is 0 Å². The second-order valence-corrected chi connectivity index (χ2v) is 11.1. The molecular weight excluding hydrogens is 704 g/mol. The van der Waals surface area contributed by atoms with Gasteiger partial charge in [0.25, 0.3) is 0 Å². The molecular formula is C30H40N4O18. The Labute approximate surface area is 296 Å². The first-order valence-electron chi connectivity index (χ1n) is 15.4. The van der Waals surface area contributed by atoms with Crippen LogP contribution >= 0.6 is 0 Å². The van der Waals surface area contributed by atoms with E-state index in [1.807, 2.05) is 0 Å². The molecule has 52 heavy (non-hydrogen) atoms. The predicted molar refractivity (Wildman–Crippen MR) is 163 cm³/mol. The Morgan fingerprint density at radius 2 is 0.904 bits per heavy atom. The quantitative estimate of drug-likeness (QED) is 0.0554. The number of hydrogen-bond donors (Lipinski definition) is 2. The number of carbonyl (C=O) groups is 8. The molecule has 2 aliphatic heterocycles. The number of ether oxygens (including phenoxy) is 10. The fraction of sp³-hybridized carbons (Fsp3) is 0.667. The van der Waals surface area contributed by atoms with Crippen molar-refractivity contribution in [2.24, 2.45) is 4.99 Å². The highest BCUT2D eigenvalue weighted by molar-refractivity contribution is 5.82. The van der Waals surface area contributed by atoms with Crippen molar-refractivity contribution in [2.45, 2.75) is 117 Å². The molecule has 0 amide bonds. The highest BCUT2D eigenvalue weighted by Gasteiger charge is 2.54. The number of nitriles is 1. The van der Waals surface area contributed by atoms with E-state index in [2.05, 4.69) is 15.6 Å². The summed E-state index contributed by atoms with van der Waals surface area (Å²) in [6.45, 7) is 7.11. The third-order valence-corrected chi connectivity index (χ3v) is 6.67. The SMILES string of the molecule is CC(=O)OC[C@H]1O[C@@H](/N=C(\NC#N)N[C@@H]2O[C@H](COC(C)=O)[C@H](OC(C)=O)[C@H](OC(C)=O)[C@H]2OC(C)=O)[C@H](OC(C)=O)[C@@H](OC(C)=O)[C@H]1OC(C)=O. The molecule has 22 nitrogen and oxygen atoms in total. The molecule has 0 unspecified atom stereocenters. The monoisotopic (exact) mass is 744 g/mol. The van der Waals surface area contributed by atoms with Crippen molar-refractivity contribution < 1.29 is 85.7 Å². The number of nitrogens with zero attached hydrogens (tertiary/aromatic N) is 2. The van der Waals surface area contributed by atoms with Crippen LogP contribution < -0.4 is 10.6 Å². The number of guanidine groups is 1. The zero-order valence-electron chi connectivity index (χ0n) is 29.4. The third kappa shape index (κ3) is 13.3. The molecule has 0 saturated carbocycles. The van der Waals surface area contributed by atoms with Crippen LogP contribution in [0.5, 0.6) is 0 Å². The van der Waals surface area contributed by atoms with E-state index in [1.54, 1.807) is 6.19 Å². The first-order chi connectivity index (χ1) is 24.3. The van der Waals surface area contributed by atoms with Crippen molar-refractivity contribution in [3.8, 4) is 6.19 Å². The van der Waals surface area contributed by atoms with Crippen LogP contribution in [-0.2, 0) is 85.7 Å². The molecule has 0 aliphatic carbocycles. The third-order valence-electron chi connectivity index (χ3n) is 6.67. The second-order valence-electron chi connectivity index (χ2n) is 11.1. The van der Waals surface area contributed by atoms with Gasteiger partial charge in [-0.05, 0) is 0 Å². The lowest BCUT2D eigenvalue weighted by Crippen LogP contribution is -2.67. The summed E-state index contributed by atoms with van der Waals surface area (Å²) in [6, 6.07) is 0. The topological polar surface area (TPSA) is 289 Å². The van der Waals surface area contributed by atoms with Crippen LogP contribution in [0.15, 0.2) is 4.99 Å². The molecule has 2 rings (SSSR count). The van der Waals surface area contributed by atoms with Crippen molar-refractivity contribution in [1.82, 2.24) is 10.6 Å². The zero-order chi connectivity index (χ0) is 39.3. The van der Waals surface area contributed by atoms with E-state index in [0.29, 0.717) is 0 Å². The van der Waals surface area contributed by atoms with Crippen molar-refractivity contribution >= 4 is 53.7 Å². The molecule has 0 radical (unpaired) electrons. The average molecular weight is 745 g/mol. The van der Waals surface area contributed by atoms with Crippen LogP contribution in [0.25, 0.3) is 0 Å². The lowest BCUT2D eigenvalue weighted by molar-refractivity contribution is -0.255. The second kappa shape index (κ2) is 19.7. The summed E-state index contributed by atoms with van der Waals surface area (Å²) in [7, 11) is 0. The van der Waals surface area contributed by atoms with Gasteiger partial charge < -0.3 is 52.7 Å². The Morgan fingerprint density at radius 3 is 1.31 bits per heavy atom. The Bertz CT molecular complexity index is 1440. The molecule has 2 N–H and O–H groups in total. The van der Waals surface area contributed by atoms with Gasteiger partial charge in [-0.1, -0.05) is 0 Å². The van der Waals surface area contributed by atoms with Gasteiger partial charge in [0.15, 0.2) is 55.3 Å². The zero-order valence-corrected chi connectivity index (χ0v) is 29.4. The molecule has 2 heterocycles. The summed E-state index contributed by atoms with van der Waals surface area (Å²) >= 11 is 0. The lowest BCUT2D eigenvalue weighted by atomic mass is 9.97. The Morgan fingerprint density at radius 1 is 0.538 bits per heavy atom. The molecule has 22 heteroatoms. The minimum absolute atomic E-state index is 0.565. The van der Waals surface area contributed by atoms with Crippen LogP contribution in [0, 0.1) is 11.5 Å². The van der Waals surface area contributed by atoms with Crippen LogP contribution in [0.1, 0.15) is 55.4 Å². The van der Waals surface area contributed by atoms with Gasteiger partial charge >= 0.3 is 47.8 Å². The van der Waals surface area contributed by atoms with Crippen LogP contribution in [-0.4, -0.2) is 128 Å². The summed E-state index contributed by atoms with van der Waals surface area (Å²) in [5.41, 5.74) is 0. The maximum Gasteiger partial charge on any atom is 0.303 e. The van der Waals surface area contributed by atoms with E-state index >= 15 is 0 Å². The van der Waals surface area contributed by atoms with E-state index < -0.39 is 128 Å². The molecule has 288 valence electrons. The van der Waals surface area contributed by atoms with Gasteiger partial charge in [0.1, 0.15) is 25.4 Å². The standard InChI is InChI=1S/C30H40N4O18/c1-12(35)43-9-20-22(45-14(3)37)24(47-16(5)39)26(49-18(7)41)28(51-20)33-30(32-11-31)34-29-27(50-19(8)42)25(48-17(6)40)23(46-15(4)38)21(52-29)10-44-13(2)36/h20-29H,9-10H2,1-8H3,(H2,32,33,34)/t20-,21-,22+,23+,24+,25+,26-,27-,28-,29-/m1/s1. The van der Waals surface area contributed by atoms with Gasteiger partial charge in [0, 0.05) is 55.4 Å². The van der Waals surface area contributed by atoms with Crippen molar-refractivity contribution in [2.75, 3.05) is 13.2 Å². The maximum absolute atomic E-state index is 12.3. The Hall–Kier alpha value is -5.56. The largest absolute Gasteiger partial charge is 0.463 e. The first-order valence-corrected chi connectivity index (χ1v) is 15.4. The average Bonchev–Trinajstić information content (AvgIpc) is 2.99. The number of hydrogen-bond acceptors (Lipinski definition) is 20. The minimum atomic E-state index is -1.74.